The number of anilines is 1. The van der Waals surface area contributed by atoms with Gasteiger partial charge in [-0.25, -0.2) is 9.97 Å². The first-order chi connectivity index (χ1) is 16.4. The number of nitro groups is 1. The van der Waals surface area contributed by atoms with E-state index in [1.54, 1.807) is 23.5 Å². The Morgan fingerprint density at radius 2 is 1.88 bits per heavy atom. The molecule has 0 atom stereocenters. The molecule has 1 amide bonds. The minimum absolute atomic E-state index is 0.153. The maximum absolute atomic E-state index is 12.7. The van der Waals surface area contributed by atoms with E-state index in [1.807, 2.05) is 31.2 Å². The number of nitrogens with one attached hydrogen (secondary N) is 1. The number of hydrogen-bond acceptors (Lipinski definition) is 7. The number of fused-ring (bicyclic) bond motifs is 2. The second-order valence-electron chi connectivity index (χ2n) is 7.75. The molecule has 0 saturated heterocycles. The lowest BCUT2D eigenvalue weighted by Gasteiger charge is -2.08. The van der Waals surface area contributed by atoms with E-state index in [2.05, 4.69) is 21.4 Å². The van der Waals surface area contributed by atoms with E-state index >= 15 is 0 Å². The summed E-state index contributed by atoms with van der Waals surface area (Å²) < 4.78 is 2.29. The van der Waals surface area contributed by atoms with Gasteiger partial charge in [-0.2, -0.15) is 0 Å². The number of rotatable bonds is 5. The Kier molecular flexibility index (Phi) is 5.34. The van der Waals surface area contributed by atoms with Gasteiger partial charge in [0.1, 0.15) is 11.6 Å². The second kappa shape index (κ2) is 8.49. The summed E-state index contributed by atoms with van der Waals surface area (Å²) in [7, 11) is 0. The van der Waals surface area contributed by atoms with Gasteiger partial charge in [-0.3, -0.25) is 24.3 Å². The van der Waals surface area contributed by atoms with E-state index in [4.69, 9.17) is 0 Å². The lowest BCUT2D eigenvalue weighted by Crippen LogP contribution is -2.27. The van der Waals surface area contributed by atoms with E-state index in [1.165, 1.54) is 34.7 Å². The minimum atomic E-state index is -0.552. The van der Waals surface area contributed by atoms with Crippen LogP contribution in [-0.2, 0) is 11.3 Å². The number of carbonyl (C=O) groups is 1. The molecule has 0 saturated carbocycles. The smallest absolute Gasteiger partial charge is 0.271 e. The standard InChI is InChI=1S/C24H17N5O4S/c1-14-2-9-19-21(10-14)34-23(27-19)15-3-5-16(6-4-15)26-22(30)12-28-13-25-20-11-17(29(32)33)7-8-18(20)24(28)31/h2-11,13H,12H2,1H3,(H,26,30). The van der Waals surface area contributed by atoms with Gasteiger partial charge in [0.25, 0.3) is 11.2 Å². The third kappa shape index (κ3) is 4.14. The summed E-state index contributed by atoms with van der Waals surface area (Å²) in [5.41, 5.74) is 3.27. The van der Waals surface area contributed by atoms with Gasteiger partial charge in [0.2, 0.25) is 5.91 Å². The zero-order valence-electron chi connectivity index (χ0n) is 17.9. The molecular weight excluding hydrogens is 454 g/mol. The Balaban J connectivity index is 1.31. The van der Waals surface area contributed by atoms with Crippen molar-refractivity contribution in [1.29, 1.82) is 0 Å². The quantitative estimate of drug-likeness (QED) is 0.297. The Morgan fingerprint density at radius 3 is 2.65 bits per heavy atom. The molecular formula is C24H17N5O4S. The molecule has 0 bridgehead atoms. The molecule has 0 spiro atoms. The first-order valence-corrected chi connectivity index (χ1v) is 11.1. The Bertz CT molecular complexity index is 1640. The van der Waals surface area contributed by atoms with Crippen molar-refractivity contribution in [3.63, 3.8) is 0 Å². The molecule has 34 heavy (non-hydrogen) atoms. The fourth-order valence-corrected chi connectivity index (χ4v) is 4.65. The molecule has 2 aromatic heterocycles. The molecule has 5 rings (SSSR count). The fraction of sp³-hybridized carbons (Fsp3) is 0.0833. The summed E-state index contributed by atoms with van der Waals surface area (Å²) in [5, 5.41) is 14.8. The topological polar surface area (TPSA) is 120 Å². The molecule has 0 aliphatic rings. The van der Waals surface area contributed by atoms with E-state index in [0.29, 0.717) is 5.69 Å². The molecule has 0 radical (unpaired) electrons. The average molecular weight is 471 g/mol. The van der Waals surface area contributed by atoms with Crippen molar-refractivity contribution in [2.45, 2.75) is 13.5 Å². The van der Waals surface area contributed by atoms with Crippen molar-refractivity contribution >= 4 is 49.7 Å². The van der Waals surface area contributed by atoms with Crippen LogP contribution in [0.25, 0.3) is 31.7 Å². The highest BCUT2D eigenvalue weighted by Crippen LogP contribution is 2.31. The molecule has 0 unspecified atom stereocenters. The molecule has 0 aliphatic carbocycles. The molecule has 1 N–H and O–H groups in total. The van der Waals surface area contributed by atoms with Crippen LogP contribution in [-0.4, -0.2) is 25.4 Å². The summed E-state index contributed by atoms with van der Waals surface area (Å²) in [4.78, 5) is 44.3. The maximum atomic E-state index is 12.7. The molecule has 3 aromatic carbocycles. The Hall–Kier alpha value is -4.44. The van der Waals surface area contributed by atoms with Crippen molar-refractivity contribution < 1.29 is 9.72 Å². The molecule has 0 fully saturated rings. The van der Waals surface area contributed by atoms with Crippen molar-refractivity contribution in [1.82, 2.24) is 14.5 Å². The van der Waals surface area contributed by atoms with Crippen molar-refractivity contribution in [3.05, 3.63) is 93.0 Å². The van der Waals surface area contributed by atoms with E-state index < -0.39 is 16.4 Å². The predicted molar refractivity (Wildman–Crippen MR) is 131 cm³/mol. The normalized spacial score (nSPS) is 11.1. The highest BCUT2D eigenvalue weighted by molar-refractivity contribution is 7.21. The summed E-state index contributed by atoms with van der Waals surface area (Å²) in [6.07, 6.45) is 1.21. The van der Waals surface area contributed by atoms with Gasteiger partial charge in [0.15, 0.2) is 0 Å². The molecule has 9 nitrogen and oxygen atoms in total. The minimum Gasteiger partial charge on any atom is -0.325 e. The van der Waals surface area contributed by atoms with Gasteiger partial charge in [0.05, 0.1) is 32.4 Å². The summed E-state index contributed by atoms with van der Waals surface area (Å²) in [5.74, 6) is -0.395. The number of aromatic nitrogens is 3. The molecule has 2 heterocycles. The SMILES string of the molecule is Cc1ccc2nc(-c3ccc(NC(=O)Cn4cnc5cc([N+](=O)[O-])ccc5c4=O)cc3)sc2c1. The van der Waals surface area contributed by atoms with Gasteiger partial charge in [-0.15, -0.1) is 11.3 Å². The number of non-ortho nitro benzene ring substituents is 1. The largest absolute Gasteiger partial charge is 0.325 e. The number of carbonyl (C=O) groups excluding carboxylic acids is 1. The molecule has 168 valence electrons. The Labute approximate surface area is 196 Å². The van der Waals surface area contributed by atoms with E-state index in [9.17, 15) is 19.7 Å². The average Bonchev–Trinajstić information content (AvgIpc) is 3.24. The molecule has 5 aromatic rings. The molecule has 10 heteroatoms. The van der Waals surface area contributed by atoms with Crippen LogP contribution in [0.5, 0.6) is 0 Å². The zero-order chi connectivity index (χ0) is 23.8. The lowest BCUT2D eigenvalue weighted by atomic mass is 10.2. The lowest BCUT2D eigenvalue weighted by molar-refractivity contribution is -0.384. The van der Waals surface area contributed by atoms with Gasteiger partial charge in [0, 0.05) is 23.4 Å². The van der Waals surface area contributed by atoms with E-state index in [-0.39, 0.29) is 23.1 Å². The summed E-state index contributed by atoms with van der Waals surface area (Å²) in [6.45, 7) is 1.81. The third-order valence-corrected chi connectivity index (χ3v) is 6.36. The van der Waals surface area contributed by atoms with Crippen LogP contribution < -0.4 is 10.9 Å². The van der Waals surface area contributed by atoms with Gasteiger partial charge < -0.3 is 5.32 Å². The monoisotopic (exact) mass is 471 g/mol. The molecule has 0 aliphatic heterocycles. The number of thiazole rings is 1. The first kappa shape index (κ1) is 21.4. The van der Waals surface area contributed by atoms with Crippen LogP contribution in [0.2, 0.25) is 0 Å². The highest BCUT2D eigenvalue weighted by atomic mass is 32.1. The van der Waals surface area contributed by atoms with E-state index in [0.717, 1.165) is 20.8 Å². The van der Waals surface area contributed by atoms with Crippen LogP contribution in [0, 0.1) is 17.0 Å². The fourth-order valence-electron chi connectivity index (χ4n) is 3.58. The van der Waals surface area contributed by atoms with Crippen molar-refractivity contribution in [3.8, 4) is 10.6 Å². The number of amides is 1. The van der Waals surface area contributed by atoms with Crippen LogP contribution in [0.4, 0.5) is 11.4 Å². The second-order valence-corrected chi connectivity index (χ2v) is 8.78. The highest BCUT2D eigenvalue weighted by Gasteiger charge is 2.13. The predicted octanol–water partition coefficient (Wildman–Crippen LogP) is 4.53. The van der Waals surface area contributed by atoms with Crippen LogP contribution in [0.1, 0.15) is 5.56 Å². The van der Waals surface area contributed by atoms with Crippen molar-refractivity contribution in [2.75, 3.05) is 5.32 Å². The van der Waals surface area contributed by atoms with Gasteiger partial charge in [-0.05, 0) is 55.0 Å². The van der Waals surface area contributed by atoms with Crippen LogP contribution in [0.15, 0.2) is 71.8 Å². The zero-order valence-corrected chi connectivity index (χ0v) is 18.7. The maximum Gasteiger partial charge on any atom is 0.271 e. The first-order valence-electron chi connectivity index (χ1n) is 10.3. The number of aryl methyl sites for hydroxylation is 1. The van der Waals surface area contributed by atoms with Crippen molar-refractivity contribution in [2.24, 2.45) is 0 Å². The Morgan fingerprint density at radius 1 is 1.09 bits per heavy atom. The summed E-state index contributed by atoms with van der Waals surface area (Å²) in [6, 6.07) is 17.3. The number of nitro benzene ring substituents is 1. The summed E-state index contributed by atoms with van der Waals surface area (Å²) >= 11 is 1.61. The van der Waals surface area contributed by atoms with Gasteiger partial charge in [-0.1, -0.05) is 6.07 Å². The number of benzene rings is 3. The van der Waals surface area contributed by atoms with Crippen LogP contribution >= 0.6 is 11.3 Å². The third-order valence-electron chi connectivity index (χ3n) is 5.29. The van der Waals surface area contributed by atoms with Gasteiger partial charge >= 0.3 is 0 Å². The number of hydrogen-bond donors (Lipinski definition) is 1. The number of nitrogens with zero attached hydrogens (tertiary/aromatic N) is 4. The van der Waals surface area contributed by atoms with Crippen LogP contribution in [0.3, 0.4) is 0 Å².